The van der Waals surface area contributed by atoms with Crippen LogP contribution in [-0.4, -0.2) is 55.1 Å². The van der Waals surface area contributed by atoms with Crippen molar-refractivity contribution < 1.29 is 0 Å². The lowest BCUT2D eigenvalue weighted by molar-refractivity contribution is 0.0167. The Morgan fingerprint density at radius 1 is 1.19 bits per heavy atom. The van der Waals surface area contributed by atoms with E-state index in [-0.39, 0.29) is 0 Å². The predicted molar refractivity (Wildman–Crippen MR) is 70.6 cm³/mol. The Labute approximate surface area is 101 Å². The molecule has 1 saturated carbocycles. The summed E-state index contributed by atoms with van der Waals surface area (Å²) < 4.78 is 0. The van der Waals surface area contributed by atoms with Crippen molar-refractivity contribution in [1.82, 2.24) is 9.80 Å². The molecule has 0 heterocycles. The molecule has 2 atom stereocenters. The van der Waals surface area contributed by atoms with Gasteiger partial charge in [0.2, 0.25) is 0 Å². The number of nitrogens with zero attached hydrogens (tertiary/aromatic N) is 2. The van der Waals surface area contributed by atoms with E-state index >= 15 is 0 Å². The molecule has 0 aromatic heterocycles. The van der Waals surface area contributed by atoms with E-state index in [0.29, 0.717) is 17.6 Å². The maximum absolute atomic E-state index is 5.86. The van der Waals surface area contributed by atoms with E-state index < -0.39 is 0 Å². The molecule has 0 aromatic rings. The van der Waals surface area contributed by atoms with Gasteiger partial charge in [0, 0.05) is 24.2 Å². The summed E-state index contributed by atoms with van der Waals surface area (Å²) in [7, 11) is 6.66. The molecule has 0 amide bonds. The zero-order valence-electron chi connectivity index (χ0n) is 11.7. The molecule has 2 unspecified atom stereocenters. The van der Waals surface area contributed by atoms with Gasteiger partial charge in [-0.3, -0.25) is 0 Å². The summed E-state index contributed by atoms with van der Waals surface area (Å²) in [5.74, 6) is 0. The summed E-state index contributed by atoms with van der Waals surface area (Å²) in [6.07, 6.45) is 5.15. The van der Waals surface area contributed by atoms with Crippen LogP contribution in [-0.2, 0) is 0 Å². The van der Waals surface area contributed by atoms with Crippen molar-refractivity contribution >= 4 is 0 Å². The second-order valence-electron chi connectivity index (χ2n) is 5.95. The van der Waals surface area contributed by atoms with Gasteiger partial charge in [-0.05, 0) is 60.7 Å². The molecule has 0 aromatic carbocycles. The Bertz CT molecular complexity index is 209. The standard InChI is InChI=1S/C13H29N3/c1-11(14)9-12(2)16(5)10-13(15(3)4)7-6-8-13/h11-12H,6-10,14H2,1-5H3. The zero-order chi connectivity index (χ0) is 12.3. The molecule has 1 aliphatic carbocycles. The summed E-state index contributed by atoms with van der Waals surface area (Å²) in [5, 5.41) is 0. The van der Waals surface area contributed by atoms with E-state index in [2.05, 4.69) is 44.8 Å². The lowest BCUT2D eigenvalue weighted by Gasteiger charge is -2.50. The van der Waals surface area contributed by atoms with E-state index in [4.69, 9.17) is 5.73 Å². The van der Waals surface area contributed by atoms with Gasteiger partial charge in [-0.1, -0.05) is 0 Å². The normalized spacial score (nSPS) is 23.2. The molecule has 1 rings (SSSR count). The summed E-state index contributed by atoms with van der Waals surface area (Å²) in [6.45, 7) is 5.55. The Balaban J connectivity index is 2.46. The van der Waals surface area contributed by atoms with Crippen LogP contribution in [0.5, 0.6) is 0 Å². The number of likely N-dealkylation sites (N-methyl/N-ethyl adjacent to an activating group) is 2. The van der Waals surface area contributed by atoms with E-state index in [1.165, 1.54) is 25.8 Å². The van der Waals surface area contributed by atoms with Gasteiger partial charge in [0.15, 0.2) is 0 Å². The Hall–Kier alpha value is -0.120. The molecule has 0 saturated heterocycles. The Morgan fingerprint density at radius 2 is 1.75 bits per heavy atom. The minimum atomic E-state index is 0.300. The highest BCUT2D eigenvalue weighted by Crippen LogP contribution is 2.37. The van der Waals surface area contributed by atoms with Gasteiger partial charge in [-0.15, -0.1) is 0 Å². The number of nitrogens with two attached hydrogens (primary N) is 1. The van der Waals surface area contributed by atoms with Crippen molar-refractivity contribution in [2.45, 2.75) is 57.2 Å². The third-order valence-electron chi connectivity index (χ3n) is 4.24. The molecular formula is C13H29N3. The monoisotopic (exact) mass is 227 g/mol. The summed E-state index contributed by atoms with van der Waals surface area (Å²) in [4.78, 5) is 4.88. The lowest BCUT2D eigenvalue weighted by Crippen LogP contribution is -2.58. The molecule has 0 radical (unpaired) electrons. The molecule has 0 spiro atoms. The minimum absolute atomic E-state index is 0.300. The van der Waals surface area contributed by atoms with Crippen LogP contribution in [0.3, 0.4) is 0 Å². The zero-order valence-corrected chi connectivity index (χ0v) is 11.7. The van der Waals surface area contributed by atoms with Crippen LogP contribution in [0, 0.1) is 0 Å². The molecule has 0 bridgehead atoms. The number of hydrogen-bond acceptors (Lipinski definition) is 3. The SMILES string of the molecule is CC(N)CC(C)N(C)CC1(N(C)C)CCC1. The van der Waals surface area contributed by atoms with Crippen molar-refractivity contribution in [3.05, 3.63) is 0 Å². The van der Waals surface area contributed by atoms with E-state index in [9.17, 15) is 0 Å². The Morgan fingerprint density at radius 3 is 2.06 bits per heavy atom. The largest absolute Gasteiger partial charge is 0.328 e. The van der Waals surface area contributed by atoms with Gasteiger partial charge in [-0.25, -0.2) is 0 Å². The first-order chi connectivity index (χ1) is 7.37. The van der Waals surface area contributed by atoms with E-state index in [1.54, 1.807) is 0 Å². The van der Waals surface area contributed by atoms with Crippen molar-refractivity contribution in [3.8, 4) is 0 Å². The third-order valence-corrected chi connectivity index (χ3v) is 4.24. The Kier molecular flexibility index (Phi) is 4.77. The fourth-order valence-corrected chi connectivity index (χ4v) is 2.67. The molecule has 1 fully saturated rings. The van der Waals surface area contributed by atoms with Crippen molar-refractivity contribution in [2.24, 2.45) is 5.73 Å². The first-order valence-electron chi connectivity index (χ1n) is 6.50. The first-order valence-corrected chi connectivity index (χ1v) is 6.50. The van der Waals surface area contributed by atoms with Gasteiger partial charge in [0.25, 0.3) is 0 Å². The van der Waals surface area contributed by atoms with Gasteiger partial charge >= 0.3 is 0 Å². The second-order valence-corrected chi connectivity index (χ2v) is 5.95. The van der Waals surface area contributed by atoms with Crippen LogP contribution >= 0.6 is 0 Å². The van der Waals surface area contributed by atoms with Crippen molar-refractivity contribution in [2.75, 3.05) is 27.7 Å². The minimum Gasteiger partial charge on any atom is -0.328 e. The quantitative estimate of drug-likeness (QED) is 0.747. The van der Waals surface area contributed by atoms with Gasteiger partial charge in [0.1, 0.15) is 0 Å². The second kappa shape index (κ2) is 5.48. The summed E-state index contributed by atoms with van der Waals surface area (Å²) in [6, 6.07) is 0.881. The molecular weight excluding hydrogens is 198 g/mol. The van der Waals surface area contributed by atoms with Crippen LogP contribution < -0.4 is 5.73 Å². The van der Waals surface area contributed by atoms with Crippen molar-refractivity contribution in [3.63, 3.8) is 0 Å². The van der Waals surface area contributed by atoms with Crippen LogP contribution in [0.2, 0.25) is 0 Å². The van der Waals surface area contributed by atoms with Crippen LogP contribution in [0.25, 0.3) is 0 Å². The third kappa shape index (κ3) is 3.19. The first kappa shape index (κ1) is 13.9. The molecule has 96 valence electrons. The fourth-order valence-electron chi connectivity index (χ4n) is 2.67. The molecule has 3 nitrogen and oxygen atoms in total. The fraction of sp³-hybridized carbons (Fsp3) is 1.00. The number of hydrogen-bond donors (Lipinski definition) is 1. The molecule has 3 heteroatoms. The molecule has 0 aliphatic heterocycles. The smallest absolute Gasteiger partial charge is 0.0330 e. The average molecular weight is 227 g/mol. The van der Waals surface area contributed by atoms with E-state index in [1.807, 2.05) is 0 Å². The van der Waals surface area contributed by atoms with E-state index in [0.717, 1.165) is 6.42 Å². The highest BCUT2D eigenvalue weighted by molar-refractivity contribution is 4.98. The van der Waals surface area contributed by atoms with Crippen LogP contribution in [0.4, 0.5) is 0 Å². The molecule has 16 heavy (non-hydrogen) atoms. The van der Waals surface area contributed by atoms with Gasteiger partial charge < -0.3 is 15.5 Å². The summed E-state index contributed by atoms with van der Waals surface area (Å²) in [5.41, 5.74) is 6.30. The topological polar surface area (TPSA) is 32.5 Å². The maximum atomic E-state index is 5.86. The predicted octanol–water partition coefficient (Wildman–Crippen LogP) is 1.53. The molecule has 1 aliphatic rings. The van der Waals surface area contributed by atoms with Crippen LogP contribution in [0.1, 0.15) is 39.5 Å². The lowest BCUT2D eigenvalue weighted by atomic mass is 9.75. The summed E-state index contributed by atoms with van der Waals surface area (Å²) >= 11 is 0. The van der Waals surface area contributed by atoms with Crippen LogP contribution in [0.15, 0.2) is 0 Å². The van der Waals surface area contributed by atoms with Crippen molar-refractivity contribution in [1.29, 1.82) is 0 Å². The van der Waals surface area contributed by atoms with Gasteiger partial charge in [-0.2, -0.15) is 0 Å². The van der Waals surface area contributed by atoms with Gasteiger partial charge in [0.05, 0.1) is 0 Å². The molecule has 2 N–H and O–H groups in total. The highest BCUT2D eigenvalue weighted by Gasteiger charge is 2.40. The highest BCUT2D eigenvalue weighted by atomic mass is 15.2. The maximum Gasteiger partial charge on any atom is 0.0330 e. The average Bonchev–Trinajstić information content (AvgIpc) is 2.08. The number of rotatable bonds is 6.